The molecule has 3 aliphatic heterocycles. The van der Waals surface area contributed by atoms with Crippen molar-refractivity contribution < 1.29 is 19.1 Å². The van der Waals surface area contributed by atoms with Gasteiger partial charge in [-0.1, -0.05) is 19.3 Å². The highest BCUT2D eigenvalue weighted by molar-refractivity contribution is 5.95. The lowest BCUT2D eigenvalue weighted by Crippen LogP contribution is -2.53. The fraction of sp³-hybridized carbons (Fsp3) is 0.600. The maximum absolute atomic E-state index is 13.0. The number of piperazine rings is 1. The van der Waals surface area contributed by atoms with E-state index >= 15 is 0 Å². The van der Waals surface area contributed by atoms with Gasteiger partial charge in [0.25, 0.3) is 5.91 Å². The van der Waals surface area contributed by atoms with Gasteiger partial charge in [0.1, 0.15) is 0 Å². The van der Waals surface area contributed by atoms with E-state index in [1.807, 2.05) is 9.80 Å². The van der Waals surface area contributed by atoms with Crippen LogP contribution in [0.25, 0.3) is 0 Å². The largest absolute Gasteiger partial charge is 0.454 e. The number of urea groups is 1. The number of hydrogen-bond donors (Lipinski definition) is 0. The molecule has 2 saturated heterocycles. The van der Waals surface area contributed by atoms with Gasteiger partial charge in [0, 0.05) is 37.8 Å². The van der Waals surface area contributed by atoms with Crippen molar-refractivity contribution in [3.63, 3.8) is 0 Å². The Morgan fingerprint density at radius 2 is 1.74 bits per heavy atom. The third-order valence-electron chi connectivity index (χ3n) is 6.30. The summed E-state index contributed by atoms with van der Waals surface area (Å²) < 4.78 is 10.7. The van der Waals surface area contributed by atoms with Crippen molar-refractivity contribution in [3.8, 4) is 11.5 Å². The molecule has 1 aromatic rings. The molecule has 1 aromatic carbocycles. The van der Waals surface area contributed by atoms with E-state index in [-0.39, 0.29) is 24.8 Å². The number of carbonyl (C=O) groups excluding carboxylic acids is 2. The standard InChI is InChI=1S/C20H25N3O4/c24-19(14-6-7-17-18(10-14)27-13-26-17)21-8-9-22-16(11-21)12-23(20(22)25)15-4-2-1-3-5-15/h6-7,10,15-16H,1-5,8-9,11-13H2/t16-/m1/s1. The van der Waals surface area contributed by atoms with E-state index in [4.69, 9.17) is 9.47 Å². The first-order valence-electron chi connectivity index (χ1n) is 9.97. The lowest BCUT2D eigenvalue weighted by atomic mass is 9.94. The van der Waals surface area contributed by atoms with E-state index in [1.165, 1.54) is 19.3 Å². The summed E-state index contributed by atoms with van der Waals surface area (Å²) >= 11 is 0. The first-order valence-corrected chi connectivity index (χ1v) is 9.97. The Kier molecular flexibility index (Phi) is 4.10. The van der Waals surface area contributed by atoms with E-state index in [0.29, 0.717) is 42.7 Å². The van der Waals surface area contributed by atoms with E-state index in [1.54, 1.807) is 18.2 Å². The first-order chi connectivity index (χ1) is 13.2. The van der Waals surface area contributed by atoms with Gasteiger partial charge in [-0.2, -0.15) is 0 Å². The van der Waals surface area contributed by atoms with Gasteiger partial charge in [0.05, 0.1) is 6.04 Å². The summed E-state index contributed by atoms with van der Waals surface area (Å²) in [4.78, 5) is 31.7. The van der Waals surface area contributed by atoms with Crippen molar-refractivity contribution >= 4 is 11.9 Å². The quantitative estimate of drug-likeness (QED) is 0.800. The molecule has 0 N–H and O–H groups in total. The van der Waals surface area contributed by atoms with Crippen molar-refractivity contribution in [2.24, 2.45) is 0 Å². The highest BCUT2D eigenvalue weighted by Gasteiger charge is 2.44. The number of benzene rings is 1. The van der Waals surface area contributed by atoms with Gasteiger partial charge >= 0.3 is 6.03 Å². The molecule has 4 aliphatic rings. The molecule has 0 spiro atoms. The van der Waals surface area contributed by atoms with Crippen LogP contribution in [0, 0.1) is 0 Å². The molecular formula is C20H25N3O4. The van der Waals surface area contributed by atoms with Crippen molar-refractivity contribution in [2.45, 2.75) is 44.2 Å². The average Bonchev–Trinajstić information content (AvgIpc) is 3.31. The van der Waals surface area contributed by atoms with Crippen LogP contribution in [0.2, 0.25) is 0 Å². The second-order valence-electron chi connectivity index (χ2n) is 7.89. The summed E-state index contributed by atoms with van der Waals surface area (Å²) in [6.45, 7) is 2.74. The Bertz CT molecular complexity index is 762. The molecule has 0 bridgehead atoms. The summed E-state index contributed by atoms with van der Waals surface area (Å²) in [7, 11) is 0. The molecule has 1 aliphatic carbocycles. The number of carbonyl (C=O) groups is 2. The third-order valence-corrected chi connectivity index (χ3v) is 6.30. The van der Waals surface area contributed by atoms with Crippen molar-refractivity contribution in [1.29, 1.82) is 0 Å². The molecule has 0 aromatic heterocycles. The van der Waals surface area contributed by atoms with Crippen LogP contribution in [0.3, 0.4) is 0 Å². The molecule has 144 valence electrons. The predicted molar refractivity (Wildman–Crippen MR) is 97.9 cm³/mol. The summed E-state index contributed by atoms with van der Waals surface area (Å²) in [6.07, 6.45) is 5.95. The summed E-state index contributed by atoms with van der Waals surface area (Å²) in [5.41, 5.74) is 0.612. The molecule has 7 heteroatoms. The Balaban J connectivity index is 1.28. The van der Waals surface area contributed by atoms with Gasteiger partial charge < -0.3 is 24.2 Å². The van der Waals surface area contributed by atoms with Crippen molar-refractivity contribution in [1.82, 2.24) is 14.7 Å². The van der Waals surface area contributed by atoms with Gasteiger partial charge in [-0.15, -0.1) is 0 Å². The van der Waals surface area contributed by atoms with Crippen LogP contribution >= 0.6 is 0 Å². The van der Waals surface area contributed by atoms with Crippen LogP contribution in [0.4, 0.5) is 4.79 Å². The SMILES string of the molecule is O=C(c1ccc2c(c1)OCO2)N1CCN2C(=O)N(C3CCCCC3)C[C@H]2C1. The molecule has 3 heterocycles. The number of rotatable bonds is 2. The summed E-state index contributed by atoms with van der Waals surface area (Å²) in [5, 5.41) is 0. The summed E-state index contributed by atoms with van der Waals surface area (Å²) in [5.74, 6) is 1.30. The highest BCUT2D eigenvalue weighted by atomic mass is 16.7. The van der Waals surface area contributed by atoms with Gasteiger partial charge in [0.2, 0.25) is 6.79 Å². The first kappa shape index (κ1) is 16.7. The van der Waals surface area contributed by atoms with E-state index in [0.717, 1.165) is 19.4 Å². The molecular weight excluding hydrogens is 346 g/mol. The Morgan fingerprint density at radius 1 is 0.926 bits per heavy atom. The predicted octanol–water partition coefficient (Wildman–Crippen LogP) is 2.31. The third kappa shape index (κ3) is 2.89. The summed E-state index contributed by atoms with van der Waals surface area (Å²) in [6, 6.07) is 5.99. The molecule has 0 radical (unpaired) electrons. The minimum atomic E-state index is -0.00323. The zero-order valence-corrected chi connectivity index (χ0v) is 15.4. The maximum Gasteiger partial charge on any atom is 0.320 e. The monoisotopic (exact) mass is 371 g/mol. The molecule has 27 heavy (non-hydrogen) atoms. The molecule has 7 nitrogen and oxygen atoms in total. The van der Waals surface area contributed by atoms with E-state index in [9.17, 15) is 9.59 Å². The van der Waals surface area contributed by atoms with E-state index < -0.39 is 0 Å². The number of amides is 3. The zero-order chi connectivity index (χ0) is 18.4. The van der Waals surface area contributed by atoms with Gasteiger partial charge in [-0.05, 0) is 31.0 Å². The number of hydrogen-bond acceptors (Lipinski definition) is 4. The highest BCUT2D eigenvalue weighted by Crippen LogP contribution is 2.33. The van der Waals surface area contributed by atoms with E-state index in [2.05, 4.69) is 4.90 Å². The second-order valence-corrected chi connectivity index (χ2v) is 7.89. The lowest BCUT2D eigenvalue weighted by Gasteiger charge is -2.36. The molecule has 5 rings (SSSR count). The Hall–Kier alpha value is -2.44. The van der Waals surface area contributed by atoms with Gasteiger partial charge in [-0.25, -0.2) is 4.79 Å². The van der Waals surface area contributed by atoms with Crippen LogP contribution in [0.1, 0.15) is 42.5 Å². The molecule has 3 fully saturated rings. The fourth-order valence-corrected chi connectivity index (χ4v) is 4.83. The number of ether oxygens (including phenoxy) is 2. The molecule has 3 amide bonds. The second kappa shape index (κ2) is 6.62. The minimum Gasteiger partial charge on any atom is -0.454 e. The Labute approximate surface area is 158 Å². The Morgan fingerprint density at radius 3 is 2.59 bits per heavy atom. The zero-order valence-electron chi connectivity index (χ0n) is 15.4. The topological polar surface area (TPSA) is 62.3 Å². The minimum absolute atomic E-state index is 0.00323. The lowest BCUT2D eigenvalue weighted by molar-refractivity contribution is 0.0616. The van der Waals surface area contributed by atoms with Crippen molar-refractivity contribution in [2.75, 3.05) is 33.0 Å². The normalized spacial score (nSPS) is 25.1. The van der Waals surface area contributed by atoms with Crippen LogP contribution in [0.5, 0.6) is 11.5 Å². The van der Waals surface area contributed by atoms with Gasteiger partial charge in [-0.3, -0.25) is 4.79 Å². The molecule has 1 atom stereocenters. The van der Waals surface area contributed by atoms with Crippen LogP contribution in [0.15, 0.2) is 18.2 Å². The van der Waals surface area contributed by atoms with Crippen LogP contribution < -0.4 is 9.47 Å². The average molecular weight is 371 g/mol. The van der Waals surface area contributed by atoms with Gasteiger partial charge in [0.15, 0.2) is 11.5 Å². The van der Waals surface area contributed by atoms with Crippen LogP contribution in [-0.2, 0) is 0 Å². The smallest absolute Gasteiger partial charge is 0.320 e. The van der Waals surface area contributed by atoms with Crippen molar-refractivity contribution in [3.05, 3.63) is 23.8 Å². The fourth-order valence-electron chi connectivity index (χ4n) is 4.83. The molecule has 0 unspecified atom stereocenters. The number of nitrogens with zero attached hydrogens (tertiary/aromatic N) is 3. The molecule has 1 saturated carbocycles. The number of fused-ring (bicyclic) bond motifs is 2. The maximum atomic E-state index is 13.0. The van der Waals surface area contributed by atoms with Crippen LogP contribution in [-0.4, -0.2) is 71.7 Å².